The van der Waals surface area contributed by atoms with Crippen molar-refractivity contribution in [3.8, 4) is 0 Å². The minimum Gasteiger partial charge on any atom is -0.457 e. The van der Waals surface area contributed by atoms with E-state index in [1.807, 2.05) is 6.92 Å². The van der Waals surface area contributed by atoms with E-state index in [9.17, 15) is 13.2 Å². The summed E-state index contributed by atoms with van der Waals surface area (Å²) in [6.07, 6.45) is 0.562. The van der Waals surface area contributed by atoms with Crippen molar-refractivity contribution < 1.29 is 17.9 Å². The second-order valence-corrected chi connectivity index (χ2v) is 5.22. The van der Waals surface area contributed by atoms with E-state index < -0.39 is 11.7 Å². The number of rotatable bonds is 4. The molecule has 1 unspecified atom stereocenters. The topological polar surface area (TPSA) is 39.4 Å². The Hall–Kier alpha value is -2.02. The van der Waals surface area contributed by atoms with Gasteiger partial charge in [0.25, 0.3) is 0 Å². The van der Waals surface area contributed by atoms with E-state index in [4.69, 9.17) is 16.3 Å². The molecule has 0 N–H and O–H groups in total. The molecule has 0 aliphatic rings. The highest BCUT2D eigenvalue weighted by atomic mass is 35.5. The molecule has 0 radical (unpaired) electrons. The molecule has 2 rings (SSSR count). The largest absolute Gasteiger partial charge is 0.457 e. The van der Waals surface area contributed by atoms with Gasteiger partial charge in [0.05, 0.1) is 17.6 Å². The summed E-state index contributed by atoms with van der Waals surface area (Å²) in [6, 6.07) is 3.42. The molecule has 0 fully saturated rings. The highest BCUT2D eigenvalue weighted by Gasteiger charge is 2.34. The average Bonchev–Trinajstić information content (AvgIpc) is 2.99. The highest BCUT2D eigenvalue weighted by molar-refractivity contribution is 6.30. The number of aliphatic imine (C=N–C) groups is 1. The van der Waals surface area contributed by atoms with E-state index in [1.54, 1.807) is 23.3 Å². The van der Waals surface area contributed by atoms with Crippen LogP contribution in [0.4, 0.5) is 18.9 Å². The van der Waals surface area contributed by atoms with E-state index in [0.29, 0.717) is 6.42 Å². The summed E-state index contributed by atoms with van der Waals surface area (Å²) in [5.41, 5.74) is -1.14. The van der Waals surface area contributed by atoms with Crippen molar-refractivity contribution in [2.45, 2.75) is 32.7 Å². The second-order valence-electron chi connectivity index (χ2n) is 4.78. The van der Waals surface area contributed by atoms with E-state index in [0.717, 1.165) is 6.07 Å². The molecule has 1 atom stereocenters. The van der Waals surface area contributed by atoms with E-state index >= 15 is 0 Å². The van der Waals surface area contributed by atoms with Crippen LogP contribution < -0.4 is 0 Å². The zero-order valence-electron chi connectivity index (χ0n) is 12.5. The monoisotopic (exact) mass is 345 g/mol. The third kappa shape index (κ3) is 4.48. The van der Waals surface area contributed by atoms with Gasteiger partial charge < -0.3 is 9.30 Å². The van der Waals surface area contributed by atoms with Crippen LogP contribution in [-0.2, 0) is 10.9 Å². The molecule has 0 amide bonds. The third-order valence-electron chi connectivity index (χ3n) is 3.06. The summed E-state index contributed by atoms with van der Waals surface area (Å²) in [7, 11) is 0. The molecule has 0 bridgehead atoms. The van der Waals surface area contributed by atoms with Crippen LogP contribution in [0.15, 0.2) is 41.9 Å². The fourth-order valence-electron chi connectivity index (χ4n) is 2.02. The number of ether oxygens (including phenoxy) is 1. The summed E-state index contributed by atoms with van der Waals surface area (Å²) in [5.74, 6) is 0.123. The number of alkyl halides is 3. The van der Waals surface area contributed by atoms with Gasteiger partial charge >= 0.3 is 6.18 Å². The van der Waals surface area contributed by atoms with Gasteiger partial charge in [-0.05, 0) is 18.2 Å². The molecule has 1 aromatic heterocycles. The Kier molecular flexibility index (Phi) is 5.30. The molecule has 0 saturated heterocycles. The summed E-state index contributed by atoms with van der Waals surface area (Å²) in [5, 5.41) is -0.000281. The normalized spacial score (nSPS) is 13.9. The molecule has 0 aliphatic carbocycles. The Balaban J connectivity index is 2.27. The Labute approximate surface area is 136 Å². The predicted octanol–water partition coefficient (Wildman–Crippen LogP) is 5.23. The first-order valence-corrected chi connectivity index (χ1v) is 7.25. The quantitative estimate of drug-likeness (QED) is 0.562. The first kappa shape index (κ1) is 17.3. The Bertz CT molecular complexity index is 684. The molecule has 23 heavy (non-hydrogen) atoms. The number of aromatic nitrogens is 2. The second kappa shape index (κ2) is 7.04. The maximum Gasteiger partial charge on any atom is 0.418 e. The molecule has 4 nitrogen and oxygen atoms in total. The van der Waals surface area contributed by atoms with Gasteiger partial charge in [-0.1, -0.05) is 18.5 Å². The van der Waals surface area contributed by atoms with Crippen molar-refractivity contribution >= 4 is 23.2 Å². The van der Waals surface area contributed by atoms with Crippen molar-refractivity contribution in [2.75, 3.05) is 0 Å². The SMILES string of the molecule is CCC(O/C(C)=N/c1ccc(Cl)cc1C(F)(F)F)n1ccnc1. The van der Waals surface area contributed by atoms with Crippen LogP contribution >= 0.6 is 11.6 Å². The molecular weight excluding hydrogens is 331 g/mol. The van der Waals surface area contributed by atoms with Gasteiger partial charge in [0, 0.05) is 30.8 Å². The van der Waals surface area contributed by atoms with Gasteiger partial charge in [-0.25, -0.2) is 9.98 Å². The molecule has 124 valence electrons. The zero-order chi connectivity index (χ0) is 17.0. The number of benzene rings is 1. The average molecular weight is 346 g/mol. The molecule has 0 saturated carbocycles. The van der Waals surface area contributed by atoms with Crippen LogP contribution in [-0.4, -0.2) is 15.4 Å². The standard InChI is InChI=1S/C15H15ClF3N3O/c1-3-14(22-7-6-20-9-22)23-10(2)21-13-5-4-11(16)8-12(13)15(17,18)19/h4-9,14H,3H2,1-2H3/b21-10+. The van der Waals surface area contributed by atoms with Gasteiger partial charge in [-0.15, -0.1) is 0 Å². The molecule has 1 aromatic carbocycles. The van der Waals surface area contributed by atoms with Crippen LogP contribution in [0.25, 0.3) is 0 Å². The van der Waals surface area contributed by atoms with Crippen LogP contribution in [0.2, 0.25) is 5.02 Å². The van der Waals surface area contributed by atoms with E-state index in [1.165, 1.54) is 19.1 Å². The minimum atomic E-state index is -4.54. The van der Waals surface area contributed by atoms with Gasteiger partial charge in [-0.3, -0.25) is 0 Å². The van der Waals surface area contributed by atoms with E-state index in [2.05, 4.69) is 9.98 Å². The van der Waals surface area contributed by atoms with Gasteiger partial charge in [0.15, 0.2) is 12.1 Å². The van der Waals surface area contributed by atoms with Crippen LogP contribution in [0.1, 0.15) is 32.1 Å². The van der Waals surface area contributed by atoms with Gasteiger partial charge in [0.1, 0.15) is 0 Å². The fraction of sp³-hybridized carbons (Fsp3) is 0.333. The van der Waals surface area contributed by atoms with Crippen molar-refractivity contribution in [1.82, 2.24) is 9.55 Å². The number of hydrogen-bond acceptors (Lipinski definition) is 3. The lowest BCUT2D eigenvalue weighted by atomic mass is 10.2. The first-order valence-electron chi connectivity index (χ1n) is 6.87. The fourth-order valence-corrected chi connectivity index (χ4v) is 2.19. The first-order chi connectivity index (χ1) is 10.8. The molecule has 1 heterocycles. The Morgan fingerprint density at radius 3 is 2.74 bits per heavy atom. The van der Waals surface area contributed by atoms with Crippen LogP contribution in [0, 0.1) is 0 Å². The highest BCUT2D eigenvalue weighted by Crippen LogP contribution is 2.38. The molecule has 8 heteroatoms. The molecule has 0 aliphatic heterocycles. The number of imidazole rings is 1. The number of halogens is 4. The summed E-state index contributed by atoms with van der Waals surface area (Å²) < 4.78 is 46.5. The smallest absolute Gasteiger partial charge is 0.418 e. The minimum absolute atomic E-state index is 0.000281. The Morgan fingerprint density at radius 2 is 2.17 bits per heavy atom. The van der Waals surface area contributed by atoms with Crippen LogP contribution in [0.3, 0.4) is 0 Å². The Morgan fingerprint density at radius 1 is 1.43 bits per heavy atom. The van der Waals surface area contributed by atoms with Crippen molar-refractivity contribution in [3.05, 3.63) is 47.5 Å². The summed E-state index contributed by atoms with van der Waals surface area (Å²) in [4.78, 5) is 7.86. The van der Waals surface area contributed by atoms with Gasteiger partial charge in [-0.2, -0.15) is 13.2 Å². The lowest BCUT2D eigenvalue weighted by Crippen LogP contribution is -2.14. The van der Waals surface area contributed by atoms with Crippen LogP contribution in [0.5, 0.6) is 0 Å². The third-order valence-corrected chi connectivity index (χ3v) is 3.29. The predicted molar refractivity (Wildman–Crippen MR) is 81.9 cm³/mol. The number of hydrogen-bond donors (Lipinski definition) is 0. The van der Waals surface area contributed by atoms with Crippen molar-refractivity contribution in [2.24, 2.45) is 4.99 Å². The van der Waals surface area contributed by atoms with Crippen molar-refractivity contribution in [3.63, 3.8) is 0 Å². The lowest BCUT2D eigenvalue weighted by molar-refractivity contribution is -0.137. The molecule has 0 spiro atoms. The molecule has 2 aromatic rings. The molecular formula is C15H15ClF3N3O. The number of nitrogens with zero attached hydrogens (tertiary/aromatic N) is 3. The van der Waals surface area contributed by atoms with Crippen molar-refractivity contribution in [1.29, 1.82) is 0 Å². The van der Waals surface area contributed by atoms with E-state index in [-0.39, 0.29) is 22.8 Å². The zero-order valence-corrected chi connectivity index (χ0v) is 13.3. The summed E-state index contributed by atoms with van der Waals surface area (Å²) >= 11 is 5.64. The maximum absolute atomic E-state index is 13.0. The maximum atomic E-state index is 13.0. The lowest BCUT2D eigenvalue weighted by Gasteiger charge is -2.18. The van der Waals surface area contributed by atoms with Gasteiger partial charge in [0.2, 0.25) is 0 Å². The summed E-state index contributed by atoms with van der Waals surface area (Å²) in [6.45, 7) is 3.40.